The Labute approximate surface area is 93.1 Å². The van der Waals surface area contributed by atoms with Crippen LogP contribution in [0.2, 0.25) is 0 Å². The lowest BCUT2D eigenvalue weighted by Crippen LogP contribution is -2.12. The topological polar surface area (TPSA) is 55.1 Å². The molecule has 0 aliphatic heterocycles. The van der Waals surface area contributed by atoms with E-state index >= 15 is 0 Å². The quantitative estimate of drug-likeness (QED) is 0.784. The van der Waals surface area contributed by atoms with E-state index in [1.165, 1.54) is 6.20 Å². The zero-order chi connectivity index (χ0) is 11.4. The molecule has 0 amide bonds. The smallest absolute Gasteiger partial charge is 0.207 e. The molecule has 4 nitrogen and oxygen atoms in total. The number of unbranched alkanes of at least 4 members (excludes halogenated alkanes) is 1. The van der Waals surface area contributed by atoms with Gasteiger partial charge in [-0.25, -0.2) is 0 Å². The van der Waals surface area contributed by atoms with Crippen LogP contribution in [0, 0.1) is 0 Å². The van der Waals surface area contributed by atoms with Crippen molar-refractivity contribution in [1.29, 1.82) is 0 Å². The lowest BCUT2D eigenvalue weighted by molar-refractivity contribution is 0.280. The van der Waals surface area contributed by atoms with E-state index in [4.69, 9.17) is 5.11 Å². The fourth-order valence-corrected chi connectivity index (χ4v) is 1.71. The second-order valence-electron chi connectivity index (χ2n) is 3.68. The Morgan fingerprint density at radius 1 is 1.25 bits per heavy atom. The van der Waals surface area contributed by atoms with Crippen LogP contribution in [0.15, 0.2) is 35.3 Å². The van der Waals surface area contributed by atoms with Crippen LogP contribution in [0.5, 0.6) is 0 Å². The number of aromatic nitrogens is 2. The molecular formula is C12H14N2O2. The Bertz CT molecular complexity index is 534. The number of fused-ring (bicyclic) bond motifs is 1. The minimum atomic E-state index is -0.0472. The average molecular weight is 218 g/mol. The maximum absolute atomic E-state index is 11.5. The van der Waals surface area contributed by atoms with Gasteiger partial charge in [-0.3, -0.25) is 9.48 Å². The monoisotopic (exact) mass is 218 g/mol. The zero-order valence-corrected chi connectivity index (χ0v) is 8.97. The minimum Gasteiger partial charge on any atom is -0.396 e. The molecule has 1 aromatic carbocycles. The zero-order valence-electron chi connectivity index (χ0n) is 8.97. The molecule has 0 aliphatic rings. The molecule has 0 saturated carbocycles. The normalized spacial score (nSPS) is 10.8. The maximum atomic E-state index is 11.5. The summed E-state index contributed by atoms with van der Waals surface area (Å²) in [7, 11) is 0. The molecule has 0 atom stereocenters. The maximum Gasteiger partial charge on any atom is 0.207 e. The Morgan fingerprint density at radius 2 is 2.06 bits per heavy atom. The van der Waals surface area contributed by atoms with Gasteiger partial charge < -0.3 is 5.11 Å². The highest BCUT2D eigenvalue weighted by atomic mass is 16.2. The number of hydrogen-bond donors (Lipinski definition) is 1. The Balaban J connectivity index is 2.38. The van der Waals surface area contributed by atoms with Crippen molar-refractivity contribution in [2.75, 3.05) is 6.61 Å². The van der Waals surface area contributed by atoms with Crippen molar-refractivity contribution in [2.24, 2.45) is 0 Å². The average Bonchev–Trinajstić information content (AvgIpc) is 2.33. The van der Waals surface area contributed by atoms with Gasteiger partial charge in [0.2, 0.25) is 5.43 Å². The van der Waals surface area contributed by atoms with Crippen molar-refractivity contribution in [3.63, 3.8) is 0 Å². The number of aliphatic hydroxyl groups excluding tert-OH is 1. The van der Waals surface area contributed by atoms with Crippen molar-refractivity contribution >= 4 is 10.9 Å². The number of aliphatic hydroxyl groups is 1. The third kappa shape index (κ3) is 2.12. The van der Waals surface area contributed by atoms with Crippen molar-refractivity contribution in [3.8, 4) is 0 Å². The summed E-state index contributed by atoms with van der Waals surface area (Å²) in [5, 5.41) is 13.5. The number of rotatable bonds is 4. The summed E-state index contributed by atoms with van der Waals surface area (Å²) in [6.45, 7) is 0.916. The van der Waals surface area contributed by atoms with Crippen LogP contribution in [-0.2, 0) is 6.54 Å². The summed E-state index contributed by atoms with van der Waals surface area (Å²) in [4.78, 5) is 11.5. The Hall–Kier alpha value is -1.68. The third-order valence-electron chi connectivity index (χ3n) is 2.54. The predicted molar refractivity (Wildman–Crippen MR) is 62.3 cm³/mol. The summed E-state index contributed by atoms with van der Waals surface area (Å²) < 4.78 is 1.81. The van der Waals surface area contributed by atoms with Crippen LogP contribution in [0.3, 0.4) is 0 Å². The fourth-order valence-electron chi connectivity index (χ4n) is 1.71. The third-order valence-corrected chi connectivity index (χ3v) is 2.54. The van der Waals surface area contributed by atoms with E-state index in [0.717, 1.165) is 24.9 Å². The Kier molecular flexibility index (Phi) is 3.31. The first-order valence-corrected chi connectivity index (χ1v) is 5.38. The highest BCUT2D eigenvalue weighted by Gasteiger charge is 2.02. The van der Waals surface area contributed by atoms with Crippen molar-refractivity contribution in [2.45, 2.75) is 19.4 Å². The molecule has 0 saturated heterocycles. The first-order chi connectivity index (χ1) is 7.83. The molecule has 1 heterocycles. The highest BCUT2D eigenvalue weighted by Crippen LogP contribution is 2.08. The van der Waals surface area contributed by atoms with Crippen LogP contribution >= 0.6 is 0 Å². The van der Waals surface area contributed by atoms with Gasteiger partial charge in [0.15, 0.2) is 0 Å². The largest absolute Gasteiger partial charge is 0.396 e. The van der Waals surface area contributed by atoms with Gasteiger partial charge in [-0.15, -0.1) is 0 Å². The molecule has 0 spiro atoms. The van der Waals surface area contributed by atoms with E-state index in [2.05, 4.69) is 5.10 Å². The van der Waals surface area contributed by atoms with Gasteiger partial charge in [-0.1, -0.05) is 12.1 Å². The molecule has 0 unspecified atom stereocenters. The molecule has 1 aromatic heterocycles. The van der Waals surface area contributed by atoms with Crippen molar-refractivity contribution in [3.05, 3.63) is 40.7 Å². The van der Waals surface area contributed by atoms with E-state index in [1.54, 1.807) is 0 Å². The van der Waals surface area contributed by atoms with E-state index in [-0.39, 0.29) is 12.0 Å². The lowest BCUT2D eigenvalue weighted by Gasteiger charge is -2.08. The van der Waals surface area contributed by atoms with Gasteiger partial charge in [-0.05, 0) is 25.0 Å². The van der Waals surface area contributed by atoms with Gasteiger partial charge in [0, 0.05) is 18.5 Å². The molecular weight excluding hydrogens is 204 g/mol. The van der Waals surface area contributed by atoms with Crippen LogP contribution in [0.4, 0.5) is 0 Å². The second kappa shape index (κ2) is 4.90. The molecule has 16 heavy (non-hydrogen) atoms. The summed E-state index contributed by atoms with van der Waals surface area (Å²) in [5.74, 6) is 0. The van der Waals surface area contributed by atoms with E-state index in [1.807, 2.05) is 28.9 Å². The first kappa shape index (κ1) is 10.8. The second-order valence-corrected chi connectivity index (χ2v) is 3.68. The van der Waals surface area contributed by atoms with Gasteiger partial charge in [-0.2, -0.15) is 5.10 Å². The van der Waals surface area contributed by atoms with Gasteiger partial charge in [0.25, 0.3) is 0 Å². The lowest BCUT2D eigenvalue weighted by atomic mass is 10.2. The first-order valence-electron chi connectivity index (χ1n) is 5.38. The fraction of sp³-hybridized carbons (Fsp3) is 0.333. The van der Waals surface area contributed by atoms with Crippen molar-refractivity contribution in [1.82, 2.24) is 9.78 Å². The number of hydrogen-bond acceptors (Lipinski definition) is 3. The molecule has 0 aliphatic carbocycles. The molecule has 4 heteroatoms. The van der Waals surface area contributed by atoms with E-state index in [0.29, 0.717) is 5.39 Å². The molecule has 84 valence electrons. The van der Waals surface area contributed by atoms with Crippen LogP contribution in [-0.4, -0.2) is 21.5 Å². The summed E-state index contributed by atoms with van der Waals surface area (Å²) >= 11 is 0. The SMILES string of the molecule is O=c1cnn(CCCCO)c2ccccc12. The molecule has 0 fully saturated rings. The highest BCUT2D eigenvalue weighted by molar-refractivity contribution is 5.77. The predicted octanol–water partition coefficient (Wildman–Crippen LogP) is 1.17. The van der Waals surface area contributed by atoms with Gasteiger partial charge >= 0.3 is 0 Å². The number of aryl methyl sites for hydroxylation is 1. The van der Waals surface area contributed by atoms with Crippen molar-refractivity contribution < 1.29 is 5.11 Å². The van der Waals surface area contributed by atoms with Crippen LogP contribution < -0.4 is 5.43 Å². The van der Waals surface area contributed by atoms with Gasteiger partial charge in [0.05, 0.1) is 11.7 Å². The number of para-hydroxylation sites is 1. The van der Waals surface area contributed by atoms with Crippen LogP contribution in [0.25, 0.3) is 10.9 Å². The summed E-state index contributed by atoms with van der Waals surface area (Å²) in [6, 6.07) is 7.44. The van der Waals surface area contributed by atoms with E-state index < -0.39 is 0 Å². The standard InChI is InChI=1S/C12H14N2O2/c15-8-4-3-7-14-11-6-2-1-5-10(11)12(16)9-13-14/h1-2,5-6,9,15H,3-4,7-8H2. The molecule has 0 bridgehead atoms. The molecule has 0 radical (unpaired) electrons. The summed E-state index contributed by atoms with van der Waals surface area (Å²) in [5.41, 5.74) is 0.807. The molecule has 2 rings (SSSR count). The summed E-state index contributed by atoms with van der Waals surface area (Å²) in [6.07, 6.45) is 2.96. The van der Waals surface area contributed by atoms with Crippen LogP contribution in [0.1, 0.15) is 12.8 Å². The Morgan fingerprint density at radius 3 is 2.88 bits per heavy atom. The minimum absolute atomic E-state index is 0.0472. The molecule has 1 N–H and O–H groups in total. The van der Waals surface area contributed by atoms with E-state index in [9.17, 15) is 4.79 Å². The number of benzene rings is 1. The molecule has 2 aromatic rings. The van der Waals surface area contributed by atoms with Gasteiger partial charge in [0.1, 0.15) is 0 Å². The number of nitrogens with zero attached hydrogens (tertiary/aromatic N) is 2.